The summed E-state index contributed by atoms with van der Waals surface area (Å²) in [5.41, 5.74) is 6.10. The lowest BCUT2D eigenvalue weighted by atomic mass is 10.1. The Morgan fingerprint density at radius 1 is 1.38 bits per heavy atom. The molecule has 1 atom stereocenters. The third-order valence-electron chi connectivity index (χ3n) is 1.88. The van der Waals surface area contributed by atoms with Crippen LogP contribution in [0, 0.1) is 0 Å². The van der Waals surface area contributed by atoms with Crippen molar-refractivity contribution in [3.63, 3.8) is 0 Å². The van der Waals surface area contributed by atoms with Gasteiger partial charge in [0.15, 0.2) is 0 Å². The van der Waals surface area contributed by atoms with E-state index in [0.717, 1.165) is 5.56 Å². The van der Waals surface area contributed by atoms with E-state index < -0.39 is 20.6 Å². The molecule has 1 aromatic rings. The van der Waals surface area contributed by atoms with Crippen LogP contribution in [0.4, 0.5) is 0 Å². The SMILES string of the molecule is N[C@@H](Cc1ccc(OP(O)O)cc1)C(=O)O. The molecule has 6 nitrogen and oxygen atoms in total. The van der Waals surface area contributed by atoms with Gasteiger partial charge in [-0.1, -0.05) is 12.1 Å². The van der Waals surface area contributed by atoms with E-state index in [1.165, 1.54) is 12.1 Å². The summed E-state index contributed by atoms with van der Waals surface area (Å²) in [6.07, 6.45) is 0.211. The number of carbonyl (C=O) groups is 1. The first-order valence-corrected chi connectivity index (χ1v) is 5.58. The van der Waals surface area contributed by atoms with Crippen molar-refractivity contribution in [2.75, 3.05) is 0 Å². The van der Waals surface area contributed by atoms with Gasteiger partial charge in [-0.2, -0.15) is 0 Å². The van der Waals surface area contributed by atoms with E-state index in [1.54, 1.807) is 12.1 Å². The van der Waals surface area contributed by atoms with Crippen LogP contribution < -0.4 is 10.3 Å². The maximum Gasteiger partial charge on any atom is 0.391 e. The van der Waals surface area contributed by atoms with Crippen molar-refractivity contribution in [3.05, 3.63) is 29.8 Å². The maximum absolute atomic E-state index is 10.5. The van der Waals surface area contributed by atoms with Crippen LogP contribution in [-0.4, -0.2) is 26.9 Å². The zero-order valence-electron chi connectivity index (χ0n) is 8.28. The third-order valence-corrected chi connectivity index (χ3v) is 2.26. The predicted molar refractivity (Wildman–Crippen MR) is 57.7 cm³/mol. The number of aliphatic carboxylic acids is 1. The number of hydrogen-bond acceptors (Lipinski definition) is 5. The van der Waals surface area contributed by atoms with Crippen LogP contribution >= 0.6 is 8.60 Å². The van der Waals surface area contributed by atoms with Gasteiger partial charge < -0.3 is 25.2 Å². The third kappa shape index (κ3) is 4.12. The molecule has 88 valence electrons. The molecular weight excluding hydrogens is 233 g/mol. The fourth-order valence-corrected chi connectivity index (χ4v) is 1.43. The Labute approximate surface area is 93.3 Å². The molecule has 0 aliphatic heterocycles. The van der Waals surface area contributed by atoms with E-state index in [-0.39, 0.29) is 6.42 Å². The molecule has 5 N–H and O–H groups in total. The smallest absolute Gasteiger partial charge is 0.391 e. The molecule has 0 unspecified atom stereocenters. The van der Waals surface area contributed by atoms with Gasteiger partial charge in [0, 0.05) is 0 Å². The van der Waals surface area contributed by atoms with Crippen molar-refractivity contribution >= 4 is 14.6 Å². The molecule has 0 spiro atoms. The van der Waals surface area contributed by atoms with Crippen molar-refractivity contribution in [1.29, 1.82) is 0 Å². The normalized spacial score (nSPS) is 12.5. The van der Waals surface area contributed by atoms with E-state index in [0.29, 0.717) is 5.75 Å². The molecular formula is C9H12NO5P. The molecule has 0 bridgehead atoms. The van der Waals surface area contributed by atoms with Crippen molar-refractivity contribution in [3.8, 4) is 5.75 Å². The molecule has 0 radical (unpaired) electrons. The fourth-order valence-electron chi connectivity index (χ4n) is 1.12. The van der Waals surface area contributed by atoms with Gasteiger partial charge in [-0.25, -0.2) is 0 Å². The number of rotatable bonds is 5. The molecule has 0 saturated heterocycles. The first-order chi connectivity index (χ1) is 7.49. The number of benzene rings is 1. The second-order valence-corrected chi connectivity index (χ2v) is 3.82. The molecule has 0 amide bonds. The van der Waals surface area contributed by atoms with E-state index >= 15 is 0 Å². The van der Waals surface area contributed by atoms with Crippen molar-refractivity contribution < 1.29 is 24.2 Å². The Morgan fingerprint density at radius 2 is 1.94 bits per heavy atom. The summed E-state index contributed by atoms with van der Waals surface area (Å²) in [4.78, 5) is 27.7. The second-order valence-electron chi connectivity index (χ2n) is 3.14. The highest BCUT2D eigenvalue weighted by molar-refractivity contribution is 7.39. The Hall–Kier alpha value is -1.20. The van der Waals surface area contributed by atoms with Crippen LogP contribution in [0.3, 0.4) is 0 Å². The van der Waals surface area contributed by atoms with Crippen LogP contribution in [0.2, 0.25) is 0 Å². The van der Waals surface area contributed by atoms with Crippen molar-refractivity contribution in [2.24, 2.45) is 5.73 Å². The minimum absolute atomic E-state index is 0.211. The minimum Gasteiger partial charge on any atom is -0.480 e. The van der Waals surface area contributed by atoms with Gasteiger partial charge in [-0.15, -0.1) is 0 Å². The van der Waals surface area contributed by atoms with Crippen LogP contribution in [0.1, 0.15) is 5.56 Å². The Kier molecular flexibility index (Phi) is 4.64. The largest absolute Gasteiger partial charge is 0.480 e. The molecule has 7 heteroatoms. The minimum atomic E-state index is -2.43. The number of carboxylic acids is 1. The standard InChI is InChI=1S/C9H12NO5P/c10-8(9(11)12)5-6-1-3-7(4-2-6)15-16(13)14/h1-4,8,13-14H,5,10H2,(H,11,12)/t8-/m0/s1. The lowest BCUT2D eigenvalue weighted by molar-refractivity contribution is -0.138. The van der Waals surface area contributed by atoms with Gasteiger partial charge in [-0.05, 0) is 24.1 Å². The summed E-state index contributed by atoms with van der Waals surface area (Å²) in [6, 6.07) is 5.34. The molecule has 16 heavy (non-hydrogen) atoms. The summed E-state index contributed by atoms with van der Waals surface area (Å²) >= 11 is 0. The number of carboxylic acid groups (broad SMARTS) is 1. The van der Waals surface area contributed by atoms with Gasteiger partial charge in [0.25, 0.3) is 0 Å². The van der Waals surface area contributed by atoms with E-state index in [4.69, 9.17) is 20.6 Å². The van der Waals surface area contributed by atoms with Gasteiger partial charge >= 0.3 is 14.6 Å². The zero-order chi connectivity index (χ0) is 12.1. The summed E-state index contributed by atoms with van der Waals surface area (Å²) in [7, 11) is -2.43. The Bertz CT molecular complexity index is 353. The monoisotopic (exact) mass is 245 g/mol. The second kappa shape index (κ2) is 5.77. The highest BCUT2D eigenvalue weighted by Gasteiger charge is 2.12. The maximum atomic E-state index is 10.5. The Morgan fingerprint density at radius 3 is 2.38 bits per heavy atom. The molecule has 0 aliphatic carbocycles. The van der Waals surface area contributed by atoms with E-state index in [9.17, 15) is 4.79 Å². The highest BCUT2D eigenvalue weighted by Crippen LogP contribution is 2.28. The lowest BCUT2D eigenvalue weighted by Crippen LogP contribution is -2.32. The average Bonchev–Trinajstić information content (AvgIpc) is 2.20. The molecule has 1 aromatic carbocycles. The Balaban J connectivity index is 2.61. The summed E-state index contributed by atoms with van der Waals surface area (Å²) in [5.74, 6) is -0.752. The summed E-state index contributed by atoms with van der Waals surface area (Å²) in [5, 5.41) is 8.60. The van der Waals surface area contributed by atoms with Crippen molar-refractivity contribution in [2.45, 2.75) is 12.5 Å². The van der Waals surface area contributed by atoms with Gasteiger partial charge in [0.2, 0.25) is 0 Å². The molecule has 0 saturated carbocycles. The molecule has 0 heterocycles. The lowest BCUT2D eigenvalue weighted by Gasteiger charge is -2.08. The van der Waals surface area contributed by atoms with Crippen molar-refractivity contribution in [1.82, 2.24) is 0 Å². The van der Waals surface area contributed by atoms with Crippen LogP contribution in [0.5, 0.6) is 5.75 Å². The van der Waals surface area contributed by atoms with Crippen LogP contribution in [0.25, 0.3) is 0 Å². The van der Waals surface area contributed by atoms with Gasteiger partial charge in [0.1, 0.15) is 11.8 Å². The highest BCUT2D eigenvalue weighted by atomic mass is 31.2. The topological polar surface area (TPSA) is 113 Å². The van der Waals surface area contributed by atoms with E-state index in [1.807, 2.05) is 0 Å². The quantitative estimate of drug-likeness (QED) is 0.552. The summed E-state index contributed by atoms with van der Waals surface area (Å²) < 4.78 is 4.65. The molecule has 0 aliphatic rings. The van der Waals surface area contributed by atoms with E-state index in [2.05, 4.69) is 4.52 Å². The number of hydrogen-bond donors (Lipinski definition) is 4. The van der Waals surface area contributed by atoms with Gasteiger partial charge in [0.05, 0.1) is 0 Å². The first-order valence-electron chi connectivity index (χ1n) is 4.42. The zero-order valence-corrected chi connectivity index (χ0v) is 9.17. The summed E-state index contributed by atoms with van der Waals surface area (Å²) in [6.45, 7) is 0. The predicted octanol–water partition coefficient (Wildman–Crippen LogP) is 0.231. The van der Waals surface area contributed by atoms with Crippen LogP contribution in [-0.2, 0) is 11.2 Å². The fraction of sp³-hybridized carbons (Fsp3) is 0.222. The first kappa shape index (κ1) is 12.9. The van der Waals surface area contributed by atoms with Crippen LogP contribution in [0.15, 0.2) is 24.3 Å². The van der Waals surface area contributed by atoms with Gasteiger partial charge in [-0.3, -0.25) is 4.79 Å². The molecule has 1 rings (SSSR count). The number of nitrogens with two attached hydrogens (primary N) is 1. The molecule has 0 fully saturated rings. The average molecular weight is 245 g/mol. The molecule has 0 aromatic heterocycles.